The van der Waals surface area contributed by atoms with Crippen LogP contribution in [0, 0.1) is 23.7 Å². The van der Waals surface area contributed by atoms with Crippen LogP contribution in [0.15, 0.2) is 0 Å². The molecule has 0 aliphatic heterocycles. The highest BCUT2D eigenvalue weighted by molar-refractivity contribution is 5.00. The molecule has 2 aliphatic rings. The van der Waals surface area contributed by atoms with Gasteiger partial charge in [-0.1, -0.05) is 33.6 Å². The Balaban J connectivity index is 1.98. The van der Waals surface area contributed by atoms with Gasteiger partial charge in [-0.2, -0.15) is 0 Å². The molecule has 0 aromatic rings. The molecule has 2 nitrogen and oxygen atoms in total. The van der Waals surface area contributed by atoms with Crippen LogP contribution in [-0.4, -0.2) is 18.6 Å². The third kappa shape index (κ3) is 2.85. The first-order valence-electron chi connectivity index (χ1n) is 7.54. The molecule has 0 saturated heterocycles. The van der Waals surface area contributed by atoms with Gasteiger partial charge < -0.3 is 11.1 Å². The molecule has 17 heavy (non-hydrogen) atoms. The van der Waals surface area contributed by atoms with E-state index in [2.05, 4.69) is 26.1 Å². The smallest absolute Gasteiger partial charge is 0.0334 e. The van der Waals surface area contributed by atoms with Gasteiger partial charge in [-0.3, -0.25) is 0 Å². The number of rotatable bonds is 5. The van der Waals surface area contributed by atoms with Crippen molar-refractivity contribution in [3.8, 4) is 0 Å². The van der Waals surface area contributed by atoms with E-state index in [-0.39, 0.29) is 5.54 Å². The fraction of sp³-hybridized carbons (Fsp3) is 1.00. The van der Waals surface area contributed by atoms with Gasteiger partial charge in [-0.25, -0.2) is 0 Å². The Morgan fingerprint density at radius 2 is 2.06 bits per heavy atom. The minimum Gasteiger partial charge on any atom is -0.329 e. The summed E-state index contributed by atoms with van der Waals surface area (Å²) in [5, 5.41) is 3.88. The van der Waals surface area contributed by atoms with Gasteiger partial charge in [0.05, 0.1) is 0 Å². The van der Waals surface area contributed by atoms with Crippen LogP contribution in [0.5, 0.6) is 0 Å². The van der Waals surface area contributed by atoms with E-state index in [0.717, 1.165) is 30.2 Å². The molecular weight excluding hydrogens is 208 g/mol. The van der Waals surface area contributed by atoms with Crippen molar-refractivity contribution in [1.29, 1.82) is 0 Å². The quantitative estimate of drug-likeness (QED) is 0.773. The molecule has 4 unspecified atom stereocenters. The Kier molecular flexibility index (Phi) is 4.14. The maximum Gasteiger partial charge on any atom is 0.0334 e. The number of hydrogen-bond donors (Lipinski definition) is 2. The number of nitrogens with two attached hydrogens (primary N) is 1. The Labute approximate surface area is 107 Å². The second-order valence-corrected chi connectivity index (χ2v) is 6.81. The van der Waals surface area contributed by atoms with E-state index < -0.39 is 0 Å². The lowest BCUT2D eigenvalue weighted by Crippen LogP contribution is -2.59. The molecule has 0 radical (unpaired) electrons. The zero-order valence-corrected chi connectivity index (χ0v) is 11.8. The molecule has 0 spiro atoms. The maximum atomic E-state index is 6.15. The van der Waals surface area contributed by atoms with Crippen LogP contribution in [0.4, 0.5) is 0 Å². The minimum absolute atomic E-state index is 0.245. The van der Waals surface area contributed by atoms with Crippen molar-refractivity contribution in [3.05, 3.63) is 0 Å². The van der Waals surface area contributed by atoms with Crippen LogP contribution in [0.3, 0.4) is 0 Å². The van der Waals surface area contributed by atoms with Crippen LogP contribution < -0.4 is 11.1 Å². The lowest BCUT2D eigenvalue weighted by atomic mass is 9.68. The van der Waals surface area contributed by atoms with Crippen molar-refractivity contribution in [2.24, 2.45) is 29.4 Å². The second kappa shape index (κ2) is 5.27. The summed E-state index contributed by atoms with van der Waals surface area (Å²) < 4.78 is 0. The Hall–Kier alpha value is -0.0800. The highest BCUT2D eigenvalue weighted by atomic mass is 15.0. The second-order valence-electron chi connectivity index (χ2n) is 6.81. The van der Waals surface area contributed by atoms with Gasteiger partial charge >= 0.3 is 0 Å². The third-order valence-electron chi connectivity index (χ3n) is 5.26. The summed E-state index contributed by atoms with van der Waals surface area (Å²) in [4.78, 5) is 0. The number of hydrogen-bond acceptors (Lipinski definition) is 2. The summed E-state index contributed by atoms with van der Waals surface area (Å²) in [7, 11) is 0. The lowest BCUT2D eigenvalue weighted by Gasteiger charge is -2.46. The molecule has 2 heteroatoms. The molecule has 100 valence electrons. The minimum atomic E-state index is 0.245. The van der Waals surface area contributed by atoms with Gasteiger partial charge in [-0.05, 0) is 49.5 Å². The van der Waals surface area contributed by atoms with Gasteiger partial charge in [0.2, 0.25) is 0 Å². The summed E-state index contributed by atoms with van der Waals surface area (Å²) >= 11 is 0. The van der Waals surface area contributed by atoms with E-state index in [1.807, 2.05) is 0 Å². The highest BCUT2D eigenvalue weighted by Gasteiger charge is 2.42. The fourth-order valence-corrected chi connectivity index (χ4v) is 3.80. The van der Waals surface area contributed by atoms with Crippen molar-refractivity contribution in [2.45, 2.75) is 58.4 Å². The van der Waals surface area contributed by atoms with Crippen molar-refractivity contribution in [2.75, 3.05) is 13.1 Å². The first-order valence-corrected chi connectivity index (χ1v) is 7.54. The Morgan fingerprint density at radius 1 is 1.35 bits per heavy atom. The average molecular weight is 238 g/mol. The van der Waals surface area contributed by atoms with Crippen LogP contribution >= 0.6 is 0 Å². The summed E-state index contributed by atoms with van der Waals surface area (Å²) in [6, 6.07) is 0. The topological polar surface area (TPSA) is 38.0 Å². The van der Waals surface area contributed by atoms with E-state index in [9.17, 15) is 0 Å². The van der Waals surface area contributed by atoms with Gasteiger partial charge in [0.25, 0.3) is 0 Å². The molecule has 3 N–H and O–H groups in total. The molecule has 2 rings (SSSR count). The van der Waals surface area contributed by atoms with E-state index >= 15 is 0 Å². The Morgan fingerprint density at radius 3 is 2.59 bits per heavy atom. The largest absolute Gasteiger partial charge is 0.329 e. The fourth-order valence-electron chi connectivity index (χ4n) is 3.80. The van der Waals surface area contributed by atoms with Gasteiger partial charge in [0.1, 0.15) is 0 Å². The van der Waals surface area contributed by atoms with Crippen molar-refractivity contribution in [1.82, 2.24) is 5.32 Å². The summed E-state index contributed by atoms with van der Waals surface area (Å²) in [5.74, 6) is 3.39. The van der Waals surface area contributed by atoms with Crippen molar-refractivity contribution < 1.29 is 0 Å². The van der Waals surface area contributed by atoms with Crippen LogP contribution in [-0.2, 0) is 0 Å². The predicted molar refractivity (Wildman–Crippen MR) is 73.9 cm³/mol. The summed E-state index contributed by atoms with van der Waals surface area (Å²) in [6.45, 7) is 9.10. The standard InChI is InChI=1S/C15H30N2/c1-11(2)14-6-4-5-7-15(14,10-16)17-9-13-8-12(13)3/h11-14,17H,4-10,16H2,1-3H3. The summed E-state index contributed by atoms with van der Waals surface area (Å²) in [6.07, 6.45) is 6.81. The van der Waals surface area contributed by atoms with Gasteiger partial charge in [-0.15, -0.1) is 0 Å². The highest BCUT2D eigenvalue weighted by Crippen LogP contribution is 2.41. The normalized spacial score (nSPS) is 41.8. The monoisotopic (exact) mass is 238 g/mol. The van der Waals surface area contributed by atoms with E-state index in [4.69, 9.17) is 5.73 Å². The lowest BCUT2D eigenvalue weighted by molar-refractivity contribution is 0.107. The van der Waals surface area contributed by atoms with Crippen molar-refractivity contribution >= 4 is 0 Å². The maximum absolute atomic E-state index is 6.15. The predicted octanol–water partition coefficient (Wildman–Crippen LogP) is 2.78. The first kappa shape index (κ1) is 13.4. The molecule has 2 fully saturated rings. The zero-order valence-electron chi connectivity index (χ0n) is 11.8. The molecule has 0 aromatic carbocycles. The first-order chi connectivity index (χ1) is 8.09. The number of nitrogens with one attached hydrogen (secondary N) is 1. The molecule has 2 saturated carbocycles. The molecule has 0 bridgehead atoms. The summed E-state index contributed by atoms with van der Waals surface area (Å²) in [5.41, 5.74) is 6.39. The molecule has 2 aliphatic carbocycles. The molecule has 0 aromatic heterocycles. The van der Waals surface area contributed by atoms with Crippen molar-refractivity contribution in [3.63, 3.8) is 0 Å². The van der Waals surface area contributed by atoms with Crippen LogP contribution in [0.1, 0.15) is 52.9 Å². The molecule has 4 atom stereocenters. The third-order valence-corrected chi connectivity index (χ3v) is 5.26. The van der Waals surface area contributed by atoms with Gasteiger partial charge in [0.15, 0.2) is 0 Å². The van der Waals surface area contributed by atoms with E-state index in [1.165, 1.54) is 38.6 Å². The molecular formula is C15H30N2. The Bertz CT molecular complexity index is 251. The average Bonchev–Trinajstić information content (AvgIpc) is 3.03. The van der Waals surface area contributed by atoms with E-state index in [1.54, 1.807) is 0 Å². The van der Waals surface area contributed by atoms with E-state index in [0.29, 0.717) is 0 Å². The SMILES string of the molecule is CC(C)C1CCCCC1(CN)NCC1CC1C. The zero-order chi connectivity index (χ0) is 12.5. The van der Waals surface area contributed by atoms with Crippen LogP contribution in [0.2, 0.25) is 0 Å². The van der Waals surface area contributed by atoms with Crippen LogP contribution in [0.25, 0.3) is 0 Å². The molecule has 0 amide bonds. The van der Waals surface area contributed by atoms with Gasteiger partial charge in [0, 0.05) is 12.1 Å². The molecule has 0 heterocycles.